The van der Waals surface area contributed by atoms with Gasteiger partial charge in [-0.1, -0.05) is 31.2 Å². The van der Waals surface area contributed by atoms with Crippen LogP contribution in [0.3, 0.4) is 0 Å². The number of benzene rings is 2. The number of primary amides is 1. The lowest BCUT2D eigenvalue weighted by Gasteiger charge is -2.53. The van der Waals surface area contributed by atoms with Crippen molar-refractivity contribution in [2.45, 2.75) is 43.1 Å². The number of aliphatic hydroxyl groups excluding tert-OH is 3. The first-order chi connectivity index (χ1) is 22.1. The van der Waals surface area contributed by atoms with Gasteiger partial charge in [-0.05, 0) is 49.7 Å². The predicted octanol–water partition coefficient (Wildman–Crippen LogP) is 0.486. The number of nitrogens with zero attached hydrogens (tertiary/aromatic N) is 1. The number of fused-ring (bicyclic) bond motifs is 4. The molecule has 0 spiro atoms. The molecule has 1 aromatic heterocycles. The minimum absolute atomic E-state index is 0.129. The van der Waals surface area contributed by atoms with E-state index in [2.05, 4.69) is 10.3 Å². The van der Waals surface area contributed by atoms with Crippen molar-refractivity contribution < 1.29 is 44.7 Å². The molecule has 1 heterocycles. The summed E-state index contributed by atoms with van der Waals surface area (Å²) >= 11 is 0. The van der Waals surface area contributed by atoms with Crippen molar-refractivity contribution in [2.75, 3.05) is 19.4 Å². The lowest BCUT2D eigenvalue weighted by Crippen LogP contribution is -2.70. The Morgan fingerprint density at radius 3 is 2.45 bits per heavy atom. The molecule has 0 aliphatic heterocycles. The monoisotopic (exact) mass is 645 g/mol. The molecule has 2 aromatic carbocycles. The van der Waals surface area contributed by atoms with Crippen LogP contribution in [0.25, 0.3) is 16.7 Å². The third kappa shape index (κ3) is 4.47. The van der Waals surface area contributed by atoms with Gasteiger partial charge in [0, 0.05) is 28.6 Å². The van der Waals surface area contributed by atoms with E-state index >= 15 is 0 Å². The van der Waals surface area contributed by atoms with Crippen molar-refractivity contribution in [3.63, 3.8) is 0 Å². The van der Waals surface area contributed by atoms with Gasteiger partial charge in [0.05, 0.1) is 35.4 Å². The van der Waals surface area contributed by atoms with Gasteiger partial charge in [0.25, 0.3) is 5.91 Å². The topological polar surface area (TPSA) is 253 Å². The van der Waals surface area contributed by atoms with Gasteiger partial charge in [0.2, 0.25) is 11.7 Å². The fourth-order valence-electron chi connectivity index (χ4n) is 7.57. The summed E-state index contributed by atoms with van der Waals surface area (Å²) in [6, 6.07) is 7.93. The number of aromatic nitrogens is 1. The van der Waals surface area contributed by atoms with E-state index in [1.807, 2.05) is 24.3 Å². The number of phenolic OH excluding ortho intramolecular Hbond substituents is 1. The fourth-order valence-corrected chi connectivity index (χ4v) is 7.57. The van der Waals surface area contributed by atoms with Gasteiger partial charge in [-0.2, -0.15) is 0 Å². The number of para-hydroxylation sites is 1. The maximum atomic E-state index is 14.2. The zero-order valence-corrected chi connectivity index (χ0v) is 25.7. The minimum Gasteiger partial charge on any atom is -0.508 e. The molecule has 0 saturated heterocycles. The van der Waals surface area contributed by atoms with Crippen LogP contribution in [0, 0.1) is 11.8 Å². The van der Waals surface area contributed by atoms with E-state index in [1.54, 1.807) is 13.1 Å². The molecule has 0 radical (unpaired) electrons. The van der Waals surface area contributed by atoms with Crippen LogP contribution in [0.1, 0.15) is 29.5 Å². The van der Waals surface area contributed by atoms with Gasteiger partial charge in [-0.15, -0.1) is 0 Å². The Morgan fingerprint density at radius 1 is 1.11 bits per heavy atom. The normalized spacial score (nSPS) is 27.9. The number of hydrogen-bond donors (Lipinski definition) is 9. The number of nitrogens with two attached hydrogens (primary N) is 2. The number of aromatic hydroxyl groups is 1. The van der Waals surface area contributed by atoms with Gasteiger partial charge in [0.15, 0.2) is 11.4 Å². The average molecular weight is 646 g/mol. The predicted molar refractivity (Wildman–Crippen MR) is 169 cm³/mol. The largest absolute Gasteiger partial charge is 0.508 e. The summed E-state index contributed by atoms with van der Waals surface area (Å²) in [6.45, 7) is 1.62. The van der Waals surface area contributed by atoms with E-state index in [1.165, 1.54) is 31.1 Å². The zero-order chi connectivity index (χ0) is 34.3. The van der Waals surface area contributed by atoms with Crippen LogP contribution in [0.2, 0.25) is 0 Å². The maximum Gasteiger partial charge on any atom is 0.255 e. The van der Waals surface area contributed by atoms with E-state index in [0.717, 1.165) is 16.5 Å². The van der Waals surface area contributed by atoms with E-state index in [-0.39, 0.29) is 17.7 Å². The number of amides is 2. The second kappa shape index (κ2) is 11.1. The molecule has 3 aliphatic rings. The Bertz CT molecular complexity index is 1940. The molecule has 6 rings (SSSR count). The highest BCUT2D eigenvalue weighted by atomic mass is 16.4. The number of phenols is 1. The molecule has 14 nitrogen and oxygen atoms in total. The quantitative estimate of drug-likeness (QED) is 0.132. The zero-order valence-electron chi connectivity index (χ0n) is 25.7. The van der Waals surface area contributed by atoms with Crippen molar-refractivity contribution in [2.24, 2.45) is 23.3 Å². The molecule has 14 heteroatoms. The second-order valence-electron chi connectivity index (χ2n) is 12.6. The number of carbonyl (C=O) groups is 4. The first kappa shape index (κ1) is 31.9. The summed E-state index contributed by atoms with van der Waals surface area (Å²) in [5, 5.41) is 61.0. The summed E-state index contributed by atoms with van der Waals surface area (Å²) < 4.78 is 0. The van der Waals surface area contributed by atoms with Crippen molar-refractivity contribution in [1.82, 2.24) is 9.88 Å². The van der Waals surface area contributed by atoms with Gasteiger partial charge >= 0.3 is 0 Å². The van der Waals surface area contributed by atoms with Gasteiger partial charge in [-0.25, -0.2) is 0 Å². The van der Waals surface area contributed by atoms with Crippen molar-refractivity contribution in [3.05, 3.63) is 76.2 Å². The highest BCUT2D eigenvalue weighted by Gasteiger charge is 2.68. The lowest BCUT2D eigenvalue weighted by atomic mass is 9.54. The number of Topliss-reactive ketones (excluding diaryl/α,β-unsaturated/α-hetero) is 2. The number of ketones is 2. The Balaban J connectivity index is 1.39. The van der Waals surface area contributed by atoms with Crippen LogP contribution in [0.4, 0.5) is 5.69 Å². The molecule has 246 valence electrons. The smallest absolute Gasteiger partial charge is 0.255 e. The Hall–Kier alpha value is -5.02. The number of anilines is 1. The number of nitrogens with one attached hydrogen (secondary N) is 2. The third-order valence-corrected chi connectivity index (χ3v) is 9.84. The lowest BCUT2D eigenvalue weighted by molar-refractivity contribution is -0.169. The summed E-state index contributed by atoms with van der Waals surface area (Å²) in [6.07, 6.45) is 0.213. The van der Waals surface area contributed by atoms with E-state index < -0.39 is 93.3 Å². The Kier molecular flexibility index (Phi) is 7.51. The van der Waals surface area contributed by atoms with Crippen LogP contribution < -0.4 is 16.8 Å². The third-order valence-electron chi connectivity index (χ3n) is 9.84. The highest BCUT2D eigenvalue weighted by molar-refractivity contribution is 6.24. The second-order valence-corrected chi connectivity index (χ2v) is 12.6. The number of carbonyl (C=O) groups excluding carboxylic acids is 4. The van der Waals surface area contributed by atoms with Crippen LogP contribution in [0.15, 0.2) is 59.5 Å². The Morgan fingerprint density at radius 2 is 1.79 bits per heavy atom. The molecular formula is C33H35N5O9. The fraction of sp³-hybridized carbons (Fsp3) is 0.333. The van der Waals surface area contributed by atoms with Gasteiger partial charge in [0.1, 0.15) is 22.8 Å². The summed E-state index contributed by atoms with van der Waals surface area (Å²) in [5.41, 5.74) is 8.62. The number of aliphatic hydroxyl groups is 4. The van der Waals surface area contributed by atoms with E-state index in [0.29, 0.717) is 5.56 Å². The number of rotatable bonds is 6. The highest BCUT2D eigenvalue weighted by Crippen LogP contribution is 2.56. The van der Waals surface area contributed by atoms with Gasteiger partial charge < -0.3 is 47.3 Å². The molecule has 11 N–H and O–H groups in total. The van der Waals surface area contributed by atoms with Crippen molar-refractivity contribution in [3.8, 4) is 5.75 Å². The molecule has 47 heavy (non-hydrogen) atoms. The molecule has 3 aromatic rings. The number of aromatic amines is 1. The minimum atomic E-state index is -3.03. The molecule has 2 amide bonds. The van der Waals surface area contributed by atoms with Crippen molar-refractivity contribution >= 4 is 45.7 Å². The van der Waals surface area contributed by atoms with E-state index in [9.17, 15) is 44.7 Å². The van der Waals surface area contributed by atoms with Crippen LogP contribution in [0.5, 0.6) is 5.75 Å². The summed E-state index contributed by atoms with van der Waals surface area (Å²) in [4.78, 5) is 57.2. The molecule has 5 unspecified atom stereocenters. The number of hydrogen-bond acceptors (Lipinski definition) is 11. The molecular weight excluding hydrogens is 610 g/mol. The SMILES string of the molecule is CC1c2ccc(NC(=O)[C@@H](N)Cc3c[nH]c4ccccc34)c(O)c2C(O)=C2C(=O)C3(O)C(O)=C(C(N)=O)C(=O)[C@@H](N(C)C)C3C(O)C21. The first-order valence-corrected chi connectivity index (χ1v) is 14.9. The molecule has 3 aliphatic carbocycles. The maximum absolute atomic E-state index is 14.2. The number of H-pyrrole nitrogens is 1. The van der Waals surface area contributed by atoms with Crippen molar-refractivity contribution in [1.29, 1.82) is 0 Å². The van der Waals surface area contributed by atoms with E-state index in [4.69, 9.17) is 11.5 Å². The molecule has 1 fully saturated rings. The Labute approximate surface area is 268 Å². The summed E-state index contributed by atoms with van der Waals surface area (Å²) in [7, 11) is 2.87. The first-order valence-electron chi connectivity index (χ1n) is 14.9. The van der Waals surface area contributed by atoms with Crippen LogP contribution >= 0.6 is 0 Å². The summed E-state index contributed by atoms with van der Waals surface area (Å²) in [5.74, 6) is -10.7. The molecule has 7 atom stereocenters. The standard InChI is InChI=1S/C33H35N5O9/c1-12-14-8-9-18(37-32(46)16(34)10-13-11-36-17-7-5-4-6-15(13)17)25(39)20(14)26(40)21-19(12)27(41)23-24(38(2)3)28(42)22(31(35)45)30(44)33(23,47)29(21)43/h4-9,11-12,16,19,23-24,27,36,39-41,44,47H,10,34H2,1-3H3,(H2,35,45)(H,37,46)/t12?,16-,19?,23?,24-,27?,33?/m0/s1. The van der Waals surface area contributed by atoms with Crippen LogP contribution in [-0.2, 0) is 25.6 Å². The molecule has 1 saturated carbocycles. The molecule has 0 bridgehead atoms. The number of likely N-dealkylation sites (N-methyl/N-ethyl adjacent to an activating group) is 1. The average Bonchev–Trinajstić information content (AvgIpc) is 3.42. The van der Waals surface area contributed by atoms with Gasteiger partial charge in [-0.3, -0.25) is 24.1 Å². The van der Waals surface area contributed by atoms with Crippen LogP contribution in [-0.4, -0.2) is 96.7 Å².